The summed E-state index contributed by atoms with van der Waals surface area (Å²) in [6.45, 7) is 3.36. The van der Waals surface area contributed by atoms with E-state index in [0.717, 1.165) is 4.31 Å². The van der Waals surface area contributed by atoms with E-state index in [1.54, 1.807) is 62.4 Å². The van der Waals surface area contributed by atoms with Crippen molar-refractivity contribution in [2.24, 2.45) is 0 Å². The molecule has 0 spiro atoms. The van der Waals surface area contributed by atoms with E-state index in [4.69, 9.17) is 32.7 Å². The van der Waals surface area contributed by atoms with Crippen LogP contribution in [-0.2, 0) is 26.2 Å². The average molecular weight is 623 g/mol. The van der Waals surface area contributed by atoms with Gasteiger partial charge in [-0.1, -0.05) is 54.4 Å². The quantitative estimate of drug-likeness (QED) is 0.283. The van der Waals surface area contributed by atoms with Crippen LogP contribution in [0.4, 0.5) is 5.69 Å². The number of amides is 2. The van der Waals surface area contributed by atoms with Crippen molar-refractivity contribution in [3.8, 4) is 11.5 Å². The first-order chi connectivity index (χ1) is 19.6. The summed E-state index contributed by atoms with van der Waals surface area (Å²) >= 11 is 12.3. The number of hydrogen-bond donors (Lipinski definition) is 1. The largest absolute Gasteiger partial charge is 0.493 e. The zero-order valence-corrected chi connectivity index (χ0v) is 25.6. The zero-order valence-electron chi connectivity index (χ0n) is 23.3. The number of carbonyl (C=O) groups is 2. The van der Waals surface area contributed by atoms with Crippen LogP contribution in [0.25, 0.3) is 0 Å². The number of rotatable bonds is 13. The van der Waals surface area contributed by atoms with Gasteiger partial charge in [0.25, 0.3) is 10.0 Å². The number of sulfonamides is 1. The first kappa shape index (κ1) is 32.0. The summed E-state index contributed by atoms with van der Waals surface area (Å²) in [6.07, 6.45) is 0.298. The molecule has 3 rings (SSSR count). The van der Waals surface area contributed by atoms with E-state index in [2.05, 4.69) is 5.32 Å². The Hall–Kier alpha value is -3.47. The Morgan fingerprint density at radius 2 is 1.59 bits per heavy atom. The summed E-state index contributed by atoms with van der Waals surface area (Å²) < 4.78 is 39.6. The van der Waals surface area contributed by atoms with Crippen LogP contribution in [0.2, 0.25) is 10.0 Å². The van der Waals surface area contributed by atoms with E-state index in [0.29, 0.717) is 34.3 Å². The van der Waals surface area contributed by atoms with Gasteiger partial charge in [0.05, 0.1) is 34.8 Å². The van der Waals surface area contributed by atoms with Crippen LogP contribution < -0.4 is 19.1 Å². The lowest BCUT2D eigenvalue weighted by Gasteiger charge is -2.33. The molecule has 9 nitrogen and oxygen atoms in total. The first-order valence-corrected chi connectivity index (χ1v) is 15.1. The van der Waals surface area contributed by atoms with E-state index in [1.165, 1.54) is 37.3 Å². The van der Waals surface area contributed by atoms with Gasteiger partial charge in [-0.05, 0) is 55.3 Å². The number of nitrogens with zero attached hydrogens (tertiary/aromatic N) is 2. The Morgan fingerprint density at radius 3 is 2.17 bits per heavy atom. The zero-order chi connectivity index (χ0) is 30.2. The van der Waals surface area contributed by atoms with E-state index in [-0.39, 0.29) is 28.8 Å². The molecule has 0 radical (unpaired) electrons. The Morgan fingerprint density at radius 1 is 0.902 bits per heavy atom. The predicted octanol–water partition coefficient (Wildman–Crippen LogP) is 5.15. The van der Waals surface area contributed by atoms with E-state index < -0.39 is 28.5 Å². The summed E-state index contributed by atoms with van der Waals surface area (Å²) in [4.78, 5) is 28.3. The topological polar surface area (TPSA) is 105 Å². The highest BCUT2D eigenvalue weighted by Crippen LogP contribution is 2.32. The van der Waals surface area contributed by atoms with Gasteiger partial charge in [0, 0.05) is 19.2 Å². The SMILES string of the molecule is CCNC(=O)C(CC)N(Cc1ccc(Cl)c(Cl)c1)C(=O)CN(c1ccccc1)S(=O)(=O)c1ccc(OC)c(OC)c1. The minimum atomic E-state index is -4.28. The minimum absolute atomic E-state index is 0.00436. The predicted molar refractivity (Wildman–Crippen MR) is 160 cm³/mol. The summed E-state index contributed by atoms with van der Waals surface area (Å²) in [6, 6.07) is 16.5. The smallest absolute Gasteiger partial charge is 0.264 e. The van der Waals surface area contributed by atoms with Crippen molar-refractivity contribution in [3.63, 3.8) is 0 Å². The molecular weight excluding hydrogens is 589 g/mol. The van der Waals surface area contributed by atoms with E-state index in [1.807, 2.05) is 0 Å². The molecule has 1 atom stereocenters. The van der Waals surface area contributed by atoms with Gasteiger partial charge in [0.15, 0.2) is 11.5 Å². The van der Waals surface area contributed by atoms with Crippen molar-refractivity contribution in [2.75, 3.05) is 31.6 Å². The third kappa shape index (κ3) is 7.63. The fourth-order valence-corrected chi connectivity index (χ4v) is 6.02. The lowest BCUT2D eigenvalue weighted by atomic mass is 10.1. The molecule has 1 N–H and O–H groups in total. The van der Waals surface area contributed by atoms with Crippen molar-refractivity contribution in [1.82, 2.24) is 10.2 Å². The van der Waals surface area contributed by atoms with Crippen LogP contribution in [0.5, 0.6) is 11.5 Å². The number of benzene rings is 3. The number of hydrogen-bond acceptors (Lipinski definition) is 6. The number of nitrogens with one attached hydrogen (secondary N) is 1. The monoisotopic (exact) mass is 621 g/mol. The molecule has 0 aromatic heterocycles. The van der Waals surface area contributed by atoms with Crippen LogP contribution in [0, 0.1) is 0 Å². The molecule has 0 saturated heterocycles. The third-order valence-electron chi connectivity index (χ3n) is 6.34. The first-order valence-electron chi connectivity index (χ1n) is 12.9. The second-order valence-corrected chi connectivity index (χ2v) is 11.6. The van der Waals surface area contributed by atoms with Gasteiger partial charge in [-0.15, -0.1) is 0 Å². The van der Waals surface area contributed by atoms with Crippen LogP contribution in [0.1, 0.15) is 25.8 Å². The standard InChI is InChI=1S/C29H33Cl2N3O6S/c1-5-25(29(36)32-6-2)33(18-20-12-14-23(30)24(31)16-20)28(35)19-34(21-10-8-7-9-11-21)41(37,38)22-13-15-26(39-3)27(17-22)40-4/h7-17,25H,5-6,18-19H2,1-4H3,(H,32,36). The van der Waals surface area contributed by atoms with Crippen molar-refractivity contribution >= 4 is 50.7 Å². The molecule has 0 aliphatic rings. The molecule has 3 aromatic carbocycles. The summed E-state index contributed by atoms with van der Waals surface area (Å²) in [5.41, 5.74) is 0.903. The Balaban J connectivity index is 2.08. The summed E-state index contributed by atoms with van der Waals surface area (Å²) in [5.74, 6) is -0.356. The molecule has 1 unspecified atom stereocenters. The van der Waals surface area contributed by atoms with Gasteiger partial charge in [0.1, 0.15) is 12.6 Å². The van der Waals surface area contributed by atoms with Crippen LogP contribution >= 0.6 is 23.2 Å². The van der Waals surface area contributed by atoms with Crippen molar-refractivity contribution in [2.45, 2.75) is 37.8 Å². The molecule has 2 amide bonds. The number of ether oxygens (including phenoxy) is 2. The van der Waals surface area contributed by atoms with Gasteiger partial charge in [0.2, 0.25) is 11.8 Å². The molecule has 0 fully saturated rings. The molecule has 220 valence electrons. The van der Waals surface area contributed by atoms with Crippen molar-refractivity contribution < 1.29 is 27.5 Å². The van der Waals surface area contributed by atoms with Crippen LogP contribution in [-0.4, -0.2) is 58.5 Å². The number of carbonyl (C=O) groups excluding carboxylic acids is 2. The van der Waals surface area contributed by atoms with Gasteiger partial charge in [-0.2, -0.15) is 0 Å². The molecular formula is C29H33Cl2N3O6S. The number of halogens is 2. The maximum Gasteiger partial charge on any atom is 0.264 e. The minimum Gasteiger partial charge on any atom is -0.493 e. The Kier molecular flexibility index (Phi) is 11.3. The number of anilines is 1. The second kappa shape index (κ2) is 14.4. The normalized spacial score (nSPS) is 11.9. The number of likely N-dealkylation sites (N-methyl/N-ethyl adjacent to an activating group) is 1. The fraction of sp³-hybridized carbons (Fsp3) is 0.310. The lowest BCUT2D eigenvalue weighted by Crippen LogP contribution is -2.52. The maximum atomic E-state index is 14.0. The van der Waals surface area contributed by atoms with E-state index >= 15 is 0 Å². The third-order valence-corrected chi connectivity index (χ3v) is 8.85. The molecule has 41 heavy (non-hydrogen) atoms. The molecule has 0 heterocycles. The molecule has 0 bridgehead atoms. The molecule has 3 aromatic rings. The Labute approximate surface area is 251 Å². The van der Waals surface area contributed by atoms with Crippen LogP contribution in [0.3, 0.4) is 0 Å². The average Bonchev–Trinajstić information content (AvgIpc) is 2.97. The summed E-state index contributed by atoms with van der Waals surface area (Å²) in [7, 11) is -1.43. The second-order valence-electron chi connectivity index (χ2n) is 8.95. The maximum absolute atomic E-state index is 14.0. The van der Waals surface area contributed by atoms with Crippen molar-refractivity contribution in [1.29, 1.82) is 0 Å². The number of methoxy groups -OCH3 is 2. The van der Waals surface area contributed by atoms with Gasteiger partial charge >= 0.3 is 0 Å². The fourth-order valence-electron chi connectivity index (χ4n) is 4.27. The van der Waals surface area contributed by atoms with E-state index in [9.17, 15) is 18.0 Å². The molecule has 12 heteroatoms. The lowest BCUT2D eigenvalue weighted by molar-refractivity contribution is -0.140. The van der Waals surface area contributed by atoms with Crippen molar-refractivity contribution in [3.05, 3.63) is 82.3 Å². The summed E-state index contributed by atoms with van der Waals surface area (Å²) in [5, 5.41) is 3.41. The molecule has 0 aliphatic heterocycles. The highest BCUT2D eigenvalue weighted by Gasteiger charge is 2.34. The number of para-hydroxylation sites is 1. The highest BCUT2D eigenvalue weighted by molar-refractivity contribution is 7.92. The molecule has 0 saturated carbocycles. The van der Waals surface area contributed by atoms with Gasteiger partial charge in [-0.25, -0.2) is 8.42 Å². The van der Waals surface area contributed by atoms with Gasteiger partial charge < -0.3 is 19.7 Å². The highest BCUT2D eigenvalue weighted by atomic mass is 35.5. The molecule has 0 aliphatic carbocycles. The van der Waals surface area contributed by atoms with Gasteiger partial charge in [-0.3, -0.25) is 13.9 Å². The van der Waals surface area contributed by atoms with Crippen LogP contribution in [0.15, 0.2) is 71.6 Å². The Bertz CT molecular complexity index is 1470.